The van der Waals surface area contributed by atoms with Gasteiger partial charge in [0.25, 0.3) is 0 Å². The minimum Gasteiger partial charge on any atom is -0.0616 e. The van der Waals surface area contributed by atoms with Gasteiger partial charge in [0.05, 0.1) is 0 Å². The minimum absolute atomic E-state index is 0.118. The van der Waals surface area contributed by atoms with Crippen molar-refractivity contribution in [2.24, 2.45) is 0 Å². The van der Waals surface area contributed by atoms with E-state index in [4.69, 9.17) is 0 Å². The molecule has 0 aliphatic rings. The highest BCUT2D eigenvalue weighted by atomic mass is 14.3. The molecule has 0 spiro atoms. The summed E-state index contributed by atoms with van der Waals surface area (Å²) in [7, 11) is 0. The van der Waals surface area contributed by atoms with Crippen LogP contribution in [0.5, 0.6) is 0 Å². The van der Waals surface area contributed by atoms with E-state index >= 15 is 0 Å². The molecule has 20 aromatic carbocycles. The smallest absolute Gasteiger partial charge is 0.00987 e. The van der Waals surface area contributed by atoms with Crippen molar-refractivity contribution >= 4 is 86.2 Å². The monoisotopic (exact) mass is 1540 g/mol. The highest BCUT2D eigenvalue weighted by Crippen LogP contribution is 2.49. The molecule has 0 heteroatoms. The molecular weight excluding hydrogens is 1440 g/mol. The molecule has 0 N–H and O–H groups in total. The van der Waals surface area contributed by atoms with Crippen molar-refractivity contribution in [1.82, 2.24) is 0 Å². The predicted octanol–water partition coefficient (Wildman–Crippen LogP) is 34.5. The van der Waals surface area contributed by atoms with Gasteiger partial charge in [-0.1, -0.05) is 459 Å². The Morgan fingerprint density at radius 2 is 0.275 bits per heavy atom. The first-order valence-corrected chi connectivity index (χ1v) is 42.7. The van der Waals surface area contributed by atoms with Crippen LogP contribution in [0.25, 0.3) is 197 Å². The number of benzene rings is 20. The molecule has 120 heavy (non-hydrogen) atoms. The molecule has 0 nitrogen and oxygen atoms in total. The van der Waals surface area contributed by atoms with Gasteiger partial charge in [-0.2, -0.15) is 0 Å². The quantitative estimate of drug-likeness (QED) is 0.128. The van der Waals surface area contributed by atoms with Gasteiger partial charge in [0.15, 0.2) is 0 Å². The van der Waals surface area contributed by atoms with Gasteiger partial charge in [0.2, 0.25) is 0 Å². The van der Waals surface area contributed by atoms with Gasteiger partial charge >= 0.3 is 0 Å². The van der Waals surface area contributed by atoms with Gasteiger partial charge < -0.3 is 0 Å². The summed E-state index contributed by atoms with van der Waals surface area (Å²) in [6, 6.07) is 145. The topological polar surface area (TPSA) is 0 Å². The maximum absolute atomic E-state index is 2.35. The van der Waals surface area contributed by atoms with Crippen LogP contribution >= 0.6 is 0 Å². The van der Waals surface area contributed by atoms with Crippen LogP contribution in [0, 0.1) is 0 Å². The first-order chi connectivity index (χ1) is 58.1. The second-order valence-corrected chi connectivity index (χ2v) is 37.0. The van der Waals surface area contributed by atoms with Crippen molar-refractivity contribution in [3.8, 4) is 111 Å². The average molecular weight is 1540 g/mol. The number of fused-ring (bicyclic) bond motifs is 8. The van der Waals surface area contributed by atoms with E-state index in [2.05, 4.69) is 471 Å². The number of hydrogen-bond acceptors (Lipinski definition) is 0. The van der Waals surface area contributed by atoms with E-state index in [0.29, 0.717) is 0 Å². The summed E-state index contributed by atoms with van der Waals surface area (Å²) >= 11 is 0. The second kappa shape index (κ2) is 30.4. The number of rotatable bonds is 10. The molecule has 0 fully saturated rings. The van der Waals surface area contributed by atoms with Crippen molar-refractivity contribution in [1.29, 1.82) is 0 Å². The summed E-state index contributed by atoms with van der Waals surface area (Å²) in [5, 5.41) is 20.2. The van der Waals surface area contributed by atoms with Crippen molar-refractivity contribution in [3.05, 3.63) is 411 Å². The van der Waals surface area contributed by atoms with Crippen LogP contribution in [0.15, 0.2) is 388 Å². The van der Waals surface area contributed by atoms with Gasteiger partial charge in [-0.05, 0) is 253 Å². The lowest BCUT2D eigenvalue weighted by Crippen LogP contribution is -2.10. The summed E-state index contributed by atoms with van der Waals surface area (Å²) in [5.74, 6) is 0. The fraction of sp³-hybridized carbons (Fsp3) is 0.133. The Labute approximate surface area is 707 Å². The lowest BCUT2D eigenvalue weighted by Gasteiger charge is -2.20. The van der Waals surface area contributed by atoms with Crippen molar-refractivity contribution in [3.63, 3.8) is 0 Å². The standard InChI is InChI=1S/2C60H50/c1-59(2,3)45-29-25-39(26-30-45)41-21-22-43-38-44(24-23-42(43)37-41)48-34-36-58(52-16-10-8-14-50(48)52)56-20-12-17-53-54(56)18-11-19-55(53)57-35-33-47(49-13-7-9-15-51(49)57)40-27-31-46(32-28-40)60(4,5)6;1-59(2,3)41-29-25-39(26-30-41)43-33-35-55(47-17-9-7-15-45(43)47)53-23-13-22-52-51(53)21-14-24-54(52)56-37-38-58(50-20-12-11-19-49(50)56)57-36-34-44(46-16-8-10-18-48(46)57)40-27-31-42(32-28-40)60(4,5)6/h2*7-38H,1-6H3. The molecular formula is C120H100. The molecule has 0 amide bonds. The highest BCUT2D eigenvalue weighted by Gasteiger charge is 2.24. The normalized spacial score (nSPS) is 12.2. The number of hydrogen-bond donors (Lipinski definition) is 0. The Morgan fingerprint density at radius 1 is 0.117 bits per heavy atom. The van der Waals surface area contributed by atoms with E-state index in [1.165, 1.54) is 220 Å². The molecule has 20 rings (SSSR count). The van der Waals surface area contributed by atoms with Gasteiger partial charge in [0, 0.05) is 0 Å². The summed E-state index contributed by atoms with van der Waals surface area (Å²) in [5.41, 5.74) is 30.9. The van der Waals surface area contributed by atoms with Crippen molar-refractivity contribution < 1.29 is 0 Å². The Morgan fingerprint density at radius 3 is 0.500 bits per heavy atom. The van der Waals surface area contributed by atoms with Crippen LogP contribution in [0.3, 0.4) is 0 Å². The second-order valence-electron chi connectivity index (χ2n) is 37.0. The summed E-state index contributed by atoms with van der Waals surface area (Å²) in [4.78, 5) is 0. The minimum atomic E-state index is 0.118. The van der Waals surface area contributed by atoms with Crippen LogP contribution in [0.4, 0.5) is 0 Å². The molecule has 0 aromatic heterocycles. The molecule has 0 radical (unpaired) electrons. The largest absolute Gasteiger partial charge is 0.0616 e. The Kier molecular flexibility index (Phi) is 19.4. The van der Waals surface area contributed by atoms with Crippen molar-refractivity contribution in [2.45, 2.75) is 105 Å². The zero-order chi connectivity index (χ0) is 82.3. The summed E-state index contributed by atoms with van der Waals surface area (Å²) in [6.45, 7) is 27.2. The zero-order valence-corrected chi connectivity index (χ0v) is 71.0. The molecule has 0 atom stereocenters. The van der Waals surface area contributed by atoms with Gasteiger partial charge in [0.1, 0.15) is 0 Å². The summed E-state index contributed by atoms with van der Waals surface area (Å²) in [6.07, 6.45) is 0. The highest BCUT2D eigenvalue weighted by molar-refractivity contribution is 6.19. The third-order valence-corrected chi connectivity index (χ3v) is 25.3. The van der Waals surface area contributed by atoms with E-state index in [-0.39, 0.29) is 21.7 Å². The molecule has 580 valence electrons. The fourth-order valence-electron chi connectivity index (χ4n) is 18.7. The van der Waals surface area contributed by atoms with Crippen LogP contribution in [-0.2, 0) is 21.7 Å². The van der Waals surface area contributed by atoms with Crippen LogP contribution in [0.2, 0.25) is 0 Å². The van der Waals surface area contributed by atoms with E-state index in [1.807, 2.05) is 0 Å². The lowest BCUT2D eigenvalue weighted by atomic mass is 9.84. The molecule has 20 aromatic rings. The lowest BCUT2D eigenvalue weighted by molar-refractivity contribution is 0.590. The van der Waals surface area contributed by atoms with E-state index in [9.17, 15) is 0 Å². The van der Waals surface area contributed by atoms with Crippen molar-refractivity contribution in [2.75, 3.05) is 0 Å². The maximum atomic E-state index is 2.35. The van der Waals surface area contributed by atoms with E-state index in [0.717, 1.165) is 0 Å². The molecule has 0 unspecified atom stereocenters. The Hall–Kier alpha value is -13.5. The van der Waals surface area contributed by atoms with Gasteiger partial charge in [-0.3, -0.25) is 0 Å². The molecule has 0 aliphatic carbocycles. The Balaban J connectivity index is 0.000000159. The predicted molar refractivity (Wildman–Crippen MR) is 522 cm³/mol. The van der Waals surface area contributed by atoms with E-state index < -0.39 is 0 Å². The van der Waals surface area contributed by atoms with Crippen LogP contribution in [0.1, 0.15) is 105 Å². The molecule has 0 saturated heterocycles. The van der Waals surface area contributed by atoms with Gasteiger partial charge in [-0.25, -0.2) is 0 Å². The third kappa shape index (κ3) is 14.2. The molecule has 0 aliphatic heterocycles. The maximum Gasteiger partial charge on any atom is -0.00987 e. The third-order valence-electron chi connectivity index (χ3n) is 25.3. The van der Waals surface area contributed by atoms with Crippen LogP contribution in [-0.4, -0.2) is 0 Å². The summed E-state index contributed by atoms with van der Waals surface area (Å²) < 4.78 is 0. The molecule has 0 bridgehead atoms. The average Bonchev–Trinajstić information content (AvgIpc) is 0.739. The molecule has 0 heterocycles. The first-order valence-electron chi connectivity index (χ1n) is 42.7. The SMILES string of the molecule is CC(C)(C)c1ccc(-c2ccc(-c3cccc4c(-c5ccc(-c6ccc(-c7ccc(C(C)(C)C)cc7)c7ccccc67)c6ccccc56)cccc34)c3ccccc23)cc1.CC(C)(C)c1ccc(-c2ccc3cc(-c4ccc(-c5cccc6c(-c7ccc(-c8ccc(C(C)(C)C)cc8)c8ccccc78)cccc56)c5ccccc45)ccc3c2)cc1. The molecule has 0 saturated carbocycles. The fourth-order valence-corrected chi connectivity index (χ4v) is 18.7. The van der Waals surface area contributed by atoms with Crippen LogP contribution < -0.4 is 0 Å². The first kappa shape index (κ1) is 76.5. The Bertz CT molecular complexity index is 7190. The van der Waals surface area contributed by atoms with E-state index in [1.54, 1.807) is 0 Å². The zero-order valence-electron chi connectivity index (χ0n) is 71.0. The van der Waals surface area contributed by atoms with Gasteiger partial charge in [-0.15, -0.1) is 0 Å².